The SMILES string of the molecule is CC(C)Oc1ccc(-c2nc3ccc(N)cn3c2CN2CC3(C)CC2CC(C)(C)C3)cc1. The van der Waals surface area contributed by atoms with Crippen LogP contribution in [0, 0.1) is 10.8 Å². The van der Waals surface area contributed by atoms with Gasteiger partial charge in [0.15, 0.2) is 0 Å². The van der Waals surface area contributed by atoms with Crippen LogP contribution < -0.4 is 10.5 Å². The van der Waals surface area contributed by atoms with Crippen molar-refractivity contribution in [3.8, 4) is 17.0 Å². The van der Waals surface area contributed by atoms with E-state index in [0.29, 0.717) is 16.9 Å². The van der Waals surface area contributed by atoms with Crippen molar-refractivity contribution in [3.63, 3.8) is 0 Å². The number of hydrogen-bond donors (Lipinski definition) is 1. The summed E-state index contributed by atoms with van der Waals surface area (Å²) in [5, 5.41) is 0. The molecule has 2 N–H and O–H groups in total. The lowest BCUT2D eigenvalue weighted by molar-refractivity contribution is 0.126. The number of ether oxygens (including phenoxy) is 1. The maximum absolute atomic E-state index is 6.18. The predicted molar refractivity (Wildman–Crippen MR) is 131 cm³/mol. The van der Waals surface area contributed by atoms with Gasteiger partial charge in [0.2, 0.25) is 0 Å². The van der Waals surface area contributed by atoms with Crippen molar-refractivity contribution < 1.29 is 4.74 Å². The van der Waals surface area contributed by atoms with Crippen molar-refractivity contribution in [1.82, 2.24) is 14.3 Å². The number of likely N-dealkylation sites (tertiary alicyclic amines) is 1. The number of nitrogens with two attached hydrogens (primary N) is 1. The summed E-state index contributed by atoms with van der Waals surface area (Å²) >= 11 is 0. The van der Waals surface area contributed by atoms with Crippen molar-refractivity contribution in [1.29, 1.82) is 0 Å². The lowest BCUT2D eigenvalue weighted by atomic mass is 9.65. The molecule has 1 aromatic carbocycles. The van der Waals surface area contributed by atoms with Gasteiger partial charge in [-0.05, 0) is 80.3 Å². The summed E-state index contributed by atoms with van der Waals surface area (Å²) < 4.78 is 8.04. The van der Waals surface area contributed by atoms with Crippen LogP contribution in [0.15, 0.2) is 42.6 Å². The van der Waals surface area contributed by atoms with Crippen LogP contribution in [0.5, 0.6) is 5.75 Å². The van der Waals surface area contributed by atoms with Crippen LogP contribution in [0.4, 0.5) is 5.69 Å². The first-order valence-electron chi connectivity index (χ1n) is 11.9. The number of rotatable bonds is 5. The Labute approximate surface area is 191 Å². The first-order valence-corrected chi connectivity index (χ1v) is 11.9. The number of nitrogens with zero attached hydrogens (tertiary/aromatic N) is 3. The Morgan fingerprint density at radius 3 is 2.56 bits per heavy atom. The van der Waals surface area contributed by atoms with E-state index < -0.39 is 0 Å². The quantitative estimate of drug-likeness (QED) is 0.556. The largest absolute Gasteiger partial charge is 0.491 e. The average molecular weight is 433 g/mol. The van der Waals surface area contributed by atoms with Crippen LogP contribution in [-0.4, -0.2) is 33.0 Å². The number of anilines is 1. The molecule has 5 heteroatoms. The number of aromatic nitrogens is 2. The molecule has 2 atom stereocenters. The number of imidazole rings is 1. The van der Waals surface area contributed by atoms with Crippen LogP contribution in [0.25, 0.3) is 16.9 Å². The summed E-state index contributed by atoms with van der Waals surface area (Å²) in [6.07, 6.45) is 6.04. The van der Waals surface area contributed by atoms with Crippen LogP contribution >= 0.6 is 0 Å². The van der Waals surface area contributed by atoms with Crippen LogP contribution in [0.1, 0.15) is 59.6 Å². The number of pyridine rings is 1. The zero-order valence-electron chi connectivity index (χ0n) is 20.1. The molecule has 2 aromatic heterocycles. The van der Waals surface area contributed by atoms with E-state index in [2.05, 4.69) is 42.2 Å². The lowest BCUT2D eigenvalue weighted by Gasteiger charge is -2.40. The van der Waals surface area contributed by atoms with E-state index in [1.165, 1.54) is 25.0 Å². The Kier molecular flexibility index (Phi) is 5.01. The topological polar surface area (TPSA) is 55.8 Å². The van der Waals surface area contributed by atoms with Crippen LogP contribution in [0.2, 0.25) is 0 Å². The predicted octanol–water partition coefficient (Wildman–Crippen LogP) is 5.77. The molecule has 2 unspecified atom stereocenters. The third-order valence-corrected chi connectivity index (χ3v) is 7.12. The minimum atomic E-state index is 0.162. The van der Waals surface area contributed by atoms with Gasteiger partial charge in [0, 0.05) is 36.6 Å². The molecule has 1 saturated heterocycles. The molecule has 0 radical (unpaired) electrons. The van der Waals surface area contributed by atoms with Crippen molar-refractivity contribution in [2.24, 2.45) is 10.8 Å². The van der Waals surface area contributed by atoms with Crippen molar-refractivity contribution in [3.05, 3.63) is 48.3 Å². The second kappa shape index (κ2) is 7.51. The van der Waals surface area contributed by atoms with E-state index in [-0.39, 0.29) is 6.10 Å². The Bertz CT molecular complexity index is 1130. The fraction of sp³-hybridized carbons (Fsp3) is 0.519. The second-order valence-corrected chi connectivity index (χ2v) is 11.4. The van der Waals surface area contributed by atoms with Gasteiger partial charge in [-0.3, -0.25) is 4.90 Å². The molecule has 5 rings (SSSR count). The van der Waals surface area contributed by atoms with Crippen LogP contribution in [-0.2, 0) is 6.54 Å². The standard InChI is InChI=1S/C27H36N4O/c1-18(2)32-22-9-6-19(7-10-22)25-23(31-14-20(28)8-11-24(31)29-25)15-30-17-27(5)13-21(30)12-26(3,4)16-27/h6-11,14,18,21H,12-13,15-17,28H2,1-5H3. The highest BCUT2D eigenvalue weighted by molar-refractivity contribution is 5.68. The highest BCUT2D eigenvalue weighted by atomic mass is 16.5. The van der Waals surface area contributed by atoms with Crippen molar-refractivity contribution in [2.75, 3.05) is 12.3 Å². The van der Waals surface area contributed by atoms with Gasteiger partial charge in [-0.2, -0.15) is 0 Å². The van der Waals surface area contributed by atoms with Gasteiger partial charge in [-0.1, -0.05) is 20.8 Å². The number of nitrogen functional groups attached to an aromatic ring is 1. The highest BCUT2D eigenvalue weighted by Crippen LogP contribution is 2.53. The Hall–Kier alpha value is -2.53. The Morgan fingerprint density at radius 1 is 1.09 bits per heavy atom. The maximum atomic E-state index is 6.18. The summed E-state index contributed by atoms with van der Waals surface area (Å²) in [5.74, 6) is 0.891. The molecule has 2 fully saturated rings. The van der Waals surface area contributed by atoms with Gasteiger partial charge >= 0.3 is 0 Å². The molecule has 3 aromatic rings. The zero-order chi connectivity index (χ0) is 22.7. The Balaban J connectivity index is 1.53. The summed E-state index contributed by atoms with van der Waals surface area (Å²) in [7, 11) is 0. The molecule has 170 valence electrons. The fourth-order valence-corrected chi connectivity index (χ4v) is 6.41. The van der Waals surface area contributed by atoms with E-state index in [0.717, 1.165) is 41.4 Å². The summed E-state index contributed by atoms with van der Waals surface area (Å²) in [5.41, 5.74) is 12.1. The molecule has 0 amide bonds. The van der Waals surface area contributed by atoms with E-state index in [9.17, 15) is 0 Å². The molecule has 0 spiro atoms. The van der Waals surface area contributed by atoms with Crippen LogP contribution in [0.3, 0.4) is 0 Å². The number of hydrogen-bond acceptors (Lipinski definition) is 4. The molecule has 2 aliphatic rings. The molecular formula is C27H36N4O. The minimum Gasteiger partial charge on any atom is -0.491 e. The van der Waals surface area contributed by atoms with E-state index >= 15 is 0 Å². The molecule has 2 bridgehead atoms. The first kappa shape index (κ1) is 21.3. The smallest absolute Gasteiger partial charge is 0.137 e. The summed E-state index contributed by atoms with van der Waals surface area (Å²) in [4.78, 5) is 7.72. The Morgan fingerprint density at radius 2 is 1.84 bits per heavy atom. The summed E-state index contributed by atoms with van der Waals surface area (Å²) in [6.45, 7) is 13.5. The normalized spacial score (nSPS) is 25.0. The molecule has 5 nitrogen and oxygen atoms in total. The van der Waals surface area contributed by atoms with Gasteiger partial charge in [-0.15, -0.1) is 0 Å². The van der Waals surface area contributed by atoms with Gasteiger partial charge in [0.05, 0.1) is 17.5 Å². The van der Waals surface area contributed by atoms with Gasteiger partial charge in [0.25, 0.3) is 0 Å². The van der Waals surface area contributed by atoms with E-state index in [1.54, 1.807) is 0 Å². The van der Waals surface area contributed by atoms with E-state index in [1.807, 2.05) is 44.3 Å². The van der Waals surface area contributed by atoms with Crippen molar-refractivity contribution >= 4 is 11.3 Å². The molecule has 1 saturated carbocycles. The molecule has 32 heavy (non-hydrogen) atoms. The van der Waals surface area contributed by atoms with Gasteiger partial charge in [-0.25, -0.2) is 4.98 Å². The zero-order valence-corrected chi connectivity index (χ0v) is 20.1. The molecule has 1 aliphatic carbocycles. The summed E-state index contributed by atoms with van der Waals surface area (Å²) in [6, 6.07) is 12.9. The minimum absolute atomic E-state index is 0.162. The number of fused-ring (bicyclic) bond motifs is 3. The molecule has 3 heterocycles. The lowest BCUT2D eigenvalue weighted by Crippen LogP contribution is -2.34. The fourth-order valence-electron chi connectivity index (χ4n) is 6.41. The molecular weight excluding hydrogens is 396 g/mol. The van der Waals surface area contributed by atoms with Gasteiger partial charge in [0.1, 0.15) is 11.4 Å². The maximum Gasteiger partial charge on any atom is 0.137 e. The average Bonchev–Trinajstić information content (AvgIpc) is 3.15. The third-order valence-electron chi connectivity index (χ3n) is 7.12. The second-order valence-electron chi connectivity index (χ2n) is 11.4. The third kappa shape index (κ3) is 3.99. The highest BCUT2D eigenvalue weighted by Gasteiger charge is 2.49. The van der Waals surface area contributed by atoms with Gasteiger partial charge < -0.3 is 14.9 Å². The molecule has 1 aliphatic heterocycles. The first-order chi connectivity index (χ1) is 15.1. The van der Waals surface area contributed by atoms with E-state index in [4.69, 9.17) is 15.5 Å². The monoisotopic (exact) mass is 432 g/mol. The number of benzene rings is 1. The van der Waals surface area contributed by atoms with Crippen molar-refractivity contribution in [2.45, 2.75) is 72.6 Å².